The molecule has 0 saturated carbocycles. The molecular weight excluding hydrogens is 759 g/mol. The molecule has 0 aromatic heterocycles. The van der Waals surface area contributed by atoms with Crippen LogP contribution in [0, 0.1) is 0 Å². The van der Waals surface area contributed by atoms with E-state index >= 15 is 0 Å². The zero-order valence-electron chi connectivity index (χ0n) is 36.2. The molecule has 0 spiro atoms. The molecule has 2 aliphatic rings. The molecule has 0 fully saturated rings. The van der Waals surface area contributed by atoms with Crippen LogP contribution in [0.2, 0.25) is 0 Å². The van der Waals surface area contributed by atoms with Gasteiger partial charge in [0.2, 0.25) is 0 Å². The summed E-state index contributed by atoms with van der Waals surface area (Å²) in [7, 11) is 0. The van der Waals surface area contributed by atoms with Gasteiger partial charge in [-0.05, 0) is 130 Å². The monoisotopic (exact) mass is 805 g/mol. The molecule has 0 radical (unpaired) electrons. The van der Waals surface area contributed by atoms with Crippen LogP contribution in [-0.4, -0.2) is 0 Å². The van der Waals surface area contributed by atoms with Gasteiger partial charge in [-0.3, -0.25) is 0 Å². The number of rotatable bonds is 6. The number of benzene rings is 10. The molecule has 2 aliphatic carbocycles. The van der Waals surface area contributed by atoms with Crippen molar-refractivity contribution in [1.82, 2.24) is 0 Å². The minimum absolute atomic E-state index is 0.0916. The van der Waals surface area contributed by atoms with Crippen molar-refractivity contribution in [2.75, 3.05) is 4.90 Å². The SMILES string of the molecule is CC1(C)c2ccccc2-c2c(-c3ccccc3N(c3ccc(-c4ccc5c(ccc6ccccc65)c4)cc3)c3ccc(-c4cccc5c4C(C)(C)c4ccccc4-5)cc3)cccc21. The standard InChI is InChI=1S/C62H47N/c1-61(2)56-24-11-8-19-54(56)59-52(21-14-25-57(59)61)51-18-9-12-26-58(51)63(45-34-29-40(30-35-45)43-33-38-48-44(39-43)28-27-41-15-5-6-16-47(41)48)46-36-31-42(32-37-46)49-20-13-22-53-50-17-7-10-23-55(50)62(3,4)60(49)53/h5-39H,1-4H3. The lowest BCUT2D eigenvalue weighted by Gasteiger charge is -2.29. The quantitative estimate of drug-likeness (QED) is 0.151. The molecule has 1 heteroatoms. The number of nitrogens with zero attached hydrogens (tertiary/aromatic N) is 1. The third kappa shape index (κ3) is 5.69. The summed E-state index contributed by atoms with van der Waals surface area (Å²) >= 11 is 0. The zero-order valence-corrected chi connectivity index (χ0v) is 36.2. The van der Waals surface area contributed by atoms with Gasteiger partial charge in [-0.15, -0.1) is 0 Å². The van der Waals surface area contributed by atoms with E-state index in [9.17, 15) is 0 Å². The Morgan fingerprint density at radius 2 is 0.841 bits per heavy atom. The Morgan fingerprint density at radius 1 is 0.317 bits per heavy atom. The van der Waals surface area contributed by atoms with Crippen molar-refractivity contribution in [2.45, 2.75) is 38.5 Å². The van der Waals surface area contributed by atoms with Crippen LogP contribution in [0.5, 0.6) is 0 Å². The largest absolute Gasteiger partial charge is 0.310 e. The topological polar surface area (TPSA) is 3.24 Å². The first kappa shape index (κ1) is 37.3. The van der Waals surface area contributed by atoms with Gasteiger partial charge in [0.05, 0.1) is 5.69 Å². The van der Waals surface area contributed by atoms with Crippen molar-refractivity contribution in [3.05, 3.63) is 235 Å². The lowest BCUT2D eigenvalue weighted by atomic mass is 9.79. The van der Waals surface area contributed by atoms with Crippen LogP contribution in [0.1, 0.15) is 49.9 Å². The van der Waals surface area contributed by atoms with E-state index in [1.807, 2.05) is 0 Å². The summed E-state index contributed by atoms with van der Waals surface area (Å²) < 4.78 is 0. The molecule has 0 atom stereocenters. The summed E-state index contributed by atoms with van der Waals surface area (Å²) in [6.07, 6.45) is 0. The van der Waals surface area contributed by atoms with Crippen LogP contribution < -0.4 is 4.90 Å². The highest BCUT2D eigenvalue weighted by Gasteiger charge is 2.38. The van der Waals surface area contributed by atoms with Gasteiger partial charge in [-0.2, -0.15) is 0 Å². The first-order valence-corrected chi connectivity index (χ1v) is 22.3. The van der Waals surface area contributed by atoms with Gasteiger partial charge < -0.3 is 4.90 Å². The second kappa shape index (κ2) is 14.0. The van der Waals surface area contributed by atoms with Crippen LogP contribution >= 0.6 is 0 Å². The summed E-state index contributed by atoms with van der Waals surface area (Å²) in [5.74, 6) is 0. The van der Waals surface area contributed by atoms with Crippen molar-refractivity contribution < 1.29 is 0 Å². The Balaban J connectivity index is 1.000. The predicted molar refractivity (Wildman–Crippen MR) is 268 cm³/mol. The van der Waals surface area contributed by atoms with Crippen molar-refractivity contribution in [1.29, 1.82) is 0 Å². The predicted octanol–water partition coefficient (Wildman–Crippen LogP) is 17.1. The van der Waals surface area contributed by atoms with Crippen LogP contribution in [0.25, 0.3) is 77.2 Å². The molecule has 10 aromatic carbocycles. The second-order valence-corrected chi connectivity index (χ2v) is 18.5. The van der Waals surface area contributed by atoms with Crippen LogP contribution in [0.4, 0.5) is 17.1 Å². The minimum Gasteiger partial charge on any atom is -0.310 e. The van der Waals surface area contributed by atoms with Gasteiger partial charge in [0.1, 0.15) is 0 Å². The summed E-state index contributed by atoms with van der Waals surface area (Å²) in [5, 5.41) is 5.10. The van der Waals surface area contributed by atoms with E-state index in [-0.39, 0.29) is 10.8 Å². The Bertz CT molecular complexity index is 3440. The molecule has 0 unspecified atom stereocenters. The summed E-state index contributed by atoms with van der Waals surface area (Å²) in [4.78, 5) is 2.45. The molecule has 0 N–H and O–H groups in total. The van der Waals surface area contributed by atoms with Gasteiger partial charge in [-0.1, -0.05) is 204 Å². The number of para-hydroxylation sites is 1. The fourth-order valence-corrected chi connectivity index (χ4v) is 11.2. The molecule has 12 rings (SSSR count). The summed E-state index contributed by atoms with van der Waals surface area (Å²) in [6.45, 7) is 9.47. The zero-order chi connectivity index (χ0) is 42.5. The lowest BCUT2D eigenvalue weighted by Crippen LogP contribution is -2.16. The number of fused-ring (bicyclic) bond motifs is 9. The van der Waals surface area contributed by atoms with E-state index in [1.54, 1.807) is 0 Å². The highest BCUT2D eigenvalue weighted by atomic mass is 15.1. The molecule has 0 bridgehead atoms. The molecule has 63 heavy (non-hydrogen) atoms. The molecule has 0 aliphatic heterocycles. The van der Waals surface area contributed by atoms with Gasteiger partial charge in [0, 0.05) is 27.8 Å². The Hall–Kier alpha value is -7.48. The third-order valence-corrected chi connectivity index (χ3v) is 14.3. The number of hydrogen-bond donors (Lipinski definition) is 0. The van der Waals surface area contributed by atoms with E-state index in [0.29, 0.717) is 0 Å². The molecule has 0 amide bonds. The average molecular weight is 806 g/mol. The summed E-state index contributed by atoms with van der Waals surface area (Å²) in [6, 6.07) is 79.0. The van der Waals surface area contributed by atoms with Crippen molar-refractivity contribution in [3.8, 4) is 55.6 Å². The molecule has 0 heterocycles. The second-order valence-electron chi connectivity index (χ2n) is 18.5. The van der Waals surface area contributed by atoms with Crippen molar-refractivity contribution in [2.24, 2.45) is 0 Å². The maximum absolute atomic E-state index is 2.45. The highest BCUT2D eigenvalue weighted by molar-refractivity contribution is 6.08. The maximum atomic E-state index is 2.45. The van der Waals surface area contributed by atoms with Crippen LogP contribution in [0.15, 0.2) is 212 Å². The highest BCUT2D eigenvalue weighted by Crippen LogP contribution is 2.55. The fraction of sp³-hybridized carbons (Fsp3) is 0.0968. The Morgan fingerprint density at radius 3 is 1.62 bits per heavy atom. The lowest BCUT2D eigenvalue weighted by molar-refractivity contribution is 0.660. The van der Waals surface area contributed by atoms with E-state index in [1.165, 1.54) is 99.4 Å². The van der Waals surface area contributed by atoms with Gasteiger partial charge >= 0.3 is 0 Å². The average Bonchev–Trinajstić information content (AvgIpc) is 3.72. The van der Waals surface area contributed by atoms with E-state index in [4.69, 9.17) is 0 Å². The third-order valence-electron chi connectivity index (χ3n) is 14.3. The number of anilines is 3. The molecule has 300 valence electrons. The summed E-state index contributed by atoms with van der Waals surface area (Å²) in [5.41, 5.74) is 21.5. The molecule has 1 nitrogen and oxygen atoms in total. The van der Waals surface area contributed by atoms with Crippen molar-refractivity contribution in [3.63, 3.8) is 0 Å². The first-order valence-electron chi connectivity index (χ1n) is 22.3. The van der Waals surface area contributed by atoms with Crippen LogP contribution in [0.3, 0.4) is 0 Å². The van der Waals surface area contributed by atoms with Crippen molar-refractivity contribution >= 4 is 38.6 Å². The van der Waals surface area contributed by atoms with Gasteiger partial charge in [0.25, 0.3) is 0 Å². The smallest absolute Gasteiger partial charge is 0.0540 e. The number of hydrogen-bond acceptors (Lipinski definition) is 1. The van der Waals surface area contributed by atoms with Gasteiger partial charge in [0.15, 0.2) is 0 Å². The van der Waals surface area contributed by atoms with E-state index < -0.39 is 0 Å². The first-order chi connectivity index (χ1) is 30.8. The Labute approximate surface area is 370 Å². The maximum Gasteiger partial charge on any atom is 0.0540 e. The van der Waals surface area contributed by atoms with Gasteiger partial charge in [-0.25, -0.2) is 0 Å². The minimum atomic E-state index is -0.101. The molecule has 10 aromatic rings. The van der Waals surface area contributed by atoms with E-state index in [0.717, 1.165) is 17.1 Å². The fourth-order valence-electron chi connectivity index (χ4n) is 11.2. The normalized spacial score (nSPS) is 14.0. The Kier molecular flexibility index (Phi) is 8.30. The van der Waals surface area contributed by atoms with E-state index in [2.05, 4.69) is 245 Å². The van der Waals surface area contributed by atoms with Crippen LogP contribution in [-0.2, 0) is 10.8 Å². The molecule has 0 saturated heterocycles. The molecular formula is C62H47N.